The Morgan fingerprint density at radius 1 is 1.71 bits per heavy atom. The third-order valence-electron chi connectivity index (χ3n) is 0.117. The fourth-order valence-electron chi connectivity index (χ4n) is 0. The van der Waals surface area contributed by atoms with Gasteiger partial charge in [-0.1, -0.05) is 0 Å². The monoisotopic (exact) mass is 224 g/mol. The second-order valence-electron chi connectivity index (χ2n) is 0.545. The Balaban J connectivity index is 0. The number of alkyl halides is 3. The van der Waals surface area contributed by atoms with E-state index in [9.17, 15) is 8.78 Å². The summed E-state index contributed by atoms with van der Waals surface area (Å²) >= 11 is 2.46. The molecule has 0 spiro atoms. The van der Waals surface area contributed by atoms with Crippen molar-refractivity contribution in [2.24, 2.45) is 0 Å². The first kappa shape index (κ1) is 10.7. The second kappa shape index (κ2) is 9.90. The van der Waals surface area contributed by atoms with Crippen LogP contribution in [0.4, 0.5) is 8.78 Å². The Kier molecular flexibility index (Phi) is 15.1. The fraction of sp³-hybridized carbons (Fsp3) is 1.00. The summed E-state index contributed by atoms with van der Waals surface area (Å²) in [4.78, 5) is 0. The number of hydrogen-bond donors (Lipinski definition) is 0. The first-order valence-electron chi connectivity index (χ1n) is 1.40. The van der Waals surface area contributed by atoms with Gasteiger partial charge in [-0.15, -0.1) is 0 Å². The molecule has 1 nitrogen and oxygen atoms in total. The van der Waals surface area contributed by atoms with Crippen molar-refractivity contribution in [1.82, 2.24) is 0 Å². The van der Waals surface area contributed by atoms with Gasteiger partial charge in [0.15, 0.2) is 5.08 Å². The molecule has 0 saturated carbocycles. The Hall–Kier alpha value is 0.763. The summed E-state index contributed by atoms with van der Waals surface area (Å²) in [5, 5.41) is -1.47. The molecule has 0 N–H and O–H groups in total. The number of halogens is 3. The maximum atomic E-state index is 11.0. The molecule has 0 heterocycles. The molecule has 0 aliphatic heterocycles. The normalized spacial score (nSPS) is 11.6. The molecule has 0 rings (SSSR count). The fourth-order valence-corrected chi connectivity index (χ4v) is 0. The molecule has 0 bridgehead atoms. The number of rotatable bonds is 1. The maximum absolute atomic E-state index is 11.0. The van der Waals surface area contributed by atoms with Gasteiger partial charge in [0.1, 0.15) is 6.67 Å². The quantitative estimate of drug-likeness (QED) is 0.489. The van der Waals surface area contributed by atoms with Crippen LogP contribution in [0.3, 0.4) is 0 Å². The first-order chi connectivity index (χ1) is 3.27. The summed E-state index contributed by atoms with van der Waals surface area (Å²) < 4.78 is 30.0. The summed E-state index contributed by atoms with van der Waals surface area (Å²) in [5.41, 5.74) is 0. The van der Waals surface area contributed by atoms with Gasteiger partial charge >= 0.3 is 21.8 Å². The van der Waals surface area contributed by atoms with Crippen molar-refractivity contribution in [2.75, 3.05) is 6.67 Å². The van der Waals surface area contributed by atoms with Crippen LogP contribution in [0.1, 0.15) is 0 Å². The van der Waals surface area contributed by atoms with Crippen molar-refractivity contribution in [2.45, 2.75) is 5.08 Å². The molecule has 0 aromatic carbocycles. The molecule has 1 unspecified atom stereocenters. The van der Waals surface area contributed by atoms with Crippen molar-refractivity contribution < 1.29 is 30.6 Å². The second-order valence-corrected chi connectivity index (χ2v) is 1.54. The molecule has 0 aliphatic carbocycles. The van der Waals surface area contributed by atoms with E-state index in [1.165, 1.54) is 0 Å². The van der Waals surface area contributed by atoms with Crippen LogP contribution in [-0.4, -0.2) is 11.8 Å². The number of hydrogen-bond acceptors (Lipinski definition) is 1. The Labute approximate surface area is 58.5 Å². The van der Waals surface area contributed by atoms with E-state index in [4.69, 9.17) is 3.57 Å². The van der Waals surface area contributed by atoms with Crippen LogP contribution in [0.25, 0.3) is 0 Å². The van der Waals surface area contributed by atoms with Gasteiger partial charge in [-0.2, -0.15) is 0 Å². The molecule has 5 heteroatoms. The molecular formula is C2H3BrF2OZn. The van der Waals surface area contributed by atoms with Gasteiger partial charge in [-0.3, -0.25) is 0 Å². The molecule has 1 atom stereocenters. The van der Waals surface area contributed by atoms with E-state index >= 15 is 0 Å². The summed E-state index contributed by atoms with van der Waals surface area (Å²) in [6.07, 6.45) is 0. The van der Waals surface area contributed by atoms with Gasteiger partial charge < -0.3 is 0 Å². The molecule has 0 saturated heterocycles. The van der Waals surface area contributed by atoms with E-state index in [2.05, 4.69) is 15.9 Å². The third-order valence-corrected chi connectivity index (χ3v) is 0.361. The molecular weight excluding hydrogens is 223 g/mol. The van der Waals surface area contributed by atoms with E-state index in [1.807, 2.05) is 0 Å². The van der Waals surface area contributed by atoms with Crippen LogP contribution in [-0.2, 0) is 21.8 Å². The molecule has 0 amide bonds. The van der Waals surface area contributed by atoms with Crippen molar-refractivity contribution >= 4 is 15.9 Å². The van der Waals surface area contributed by atoms with Crippen LogP contribution in [0.2, 0.25) is 0 Å². The van der Waals surface area contributed by atoms with Crippen LogP contribution in [0.15, 0.2) is 0 Å². The standard InChI is InChI=1S/C2H3BrF2.O.Zn/c3-2(5)1-4;;/h2H,1H2;;. The molecule has 0 fully saturated rings. The Morgan fingerprint density at radius 2 is 1.86 bits per heavy atom. The molecule has 0 aromatic rings. The Morgan fingerprint density at radius 3 is 1.86 bits per heavy atom. The van der Waals surface area contributed by atoms with Gasteiger partial charge in [0.25, 0.3) is 0 Å². The zero-order valence-electron chi connectivity index (χ0n) is 3.53. The topological polar surface area (TPSA) is 17.1 Å². The minimum absolute atomic E-state index is 0.125. The van der Waals surface area contributed by atoms with Crippen LogP contribution >= 0.6 is 15.9 Å². The van der Waals surface area contributed by atoms with E-state index in [-0.39, 0.29) is 18.3 Å². The molecule has 7 heavy (non-hydrogen) atoms. The van der Waals surface area contributed by atoms with Gasteiger partial charge in [-0.25, -0.2) is 8.78 Å². The first-order valence-corrected chi connectivity index (χ1v) is 3.53. The van der Waals surface area contributed by atoms with Crippen molar-refractivity contribution in [3.63, 3.8) is 0 Å². The van der Waals surface area contributed by atoms with Gasteiger partial charge in [0.2, 0.25) is 0 Å². The van der Waals surface area contributed by atoms with Gasteiger partial charge in [-0.05, 0) is 15.9 Å². The predicted molar refractivity (Wildman–Crippen MR) is 20.5 cm³/mol. The summed E-state index contributed by atoms with van der Waals surface area (Å²) in [7, 11) is 0. The van der Waals surface area contributed by atoms with E-state index < -0.39 is 11.8 Å². The van der Waals surface area contributed by atoms with Crippen molar-refractivity contribution in [1.29, 1.82) is 0 Å². The third kappa shape index (κ3) is 20.1. The minimum atomic E-state index is -1.47. The van der Waals surface area contributed by atoms with E-state index in [0.717, 1.165) is 0 Å². The van der Waals surface area contributed by atoms with Crippen LogP contribution < -0.4 is 0 Å². The predicted octanol–water partition coefficient (Wildman–Crippen LogP) is 1.53. The summed E-state index contributed by atoms with van der Waals surface area (Å²) in [5.74, 6) is 0. The summed E-state index contributed by atoms with van der Waals surface area (Å²) in [6.45, 7) is -0.944. The molecule has 0 aromatic heterocycles. The average molecular weight is 226 g/mol. The van der Waals surface area contributed by atoms with E-state index in [0.29, 0.717) is 0 Å². The van der Waals surface area contributed by atoms with E-state index in [1.54, 1.807) is 0 Å². The van der Waals surface area contributed by atoms with Gasteiger partial charge in [0, 0.05) is 0 Å². The van der Waals surface area contributed by atoms with Crippen molar-refractivity contribution in [3.8, 4) is 0 Å². The molecule has 0 aliphatic rings. The Bertz CT molecular complexity index is 36.9. The summed E-state index contributed by atoms with van der Waals surface area (Å²) in [6, 6.07) is 0. The van der Waals surface area contributed by atoms with Crippen LogP contribution in [0.5, 0.6) is 0 Å². The van der Waals surface area contributed by atoms with Crippen LogP contribution in [0, 0.1) is 0 Å². The zero-order chi connectivity index (χ0) is 6.28. The van der Waals surface area contributed by atoms with Gasteiger partial charge in [0.05, 0.1) is 0 Å². The van der Waals surface area contributed by atoms with Crippen molar-refractivity contribution in [3.05, 3.63) is 0 Å². The zero-order valence-corrected chi connectivity index (χ0v) is 8.09. The SMILES string of the molecule is FCC(F)Br.[O]=[Zn]. The molecule has 40 valence electrons. The molecule has 0 radical (unpaired) electrons. The average Bonchev–Trinajstić information content (AvgIpc) is 1.73.